The summed E-state index contributed by atoms with van der Waals surface area (Å²) in [5.41, 5.74) is -0.105. The summed E-state index contributed by atoms with van der Waals surface area (Å²) < 4.78 is 28.3. The van der Waals surface area contributed by atoms with E-state index in [1.807, 2.05) is 0 Å². The Morgan fingerprint density at radius 3 is 2.71 bits per heavy atom. The summed E-state index contributed by atoms with van der Waals surface area (Å²) in [5.74, 6) is -2.60. The van der Waals surface area contributed by atoms with E-state index < -0.39 is 17.6 Å². The molecule has 8 heteroatoms. The highest BCUT2D eigenvalue weighted by atomic mass is 35.5. The van der Waals surface area contributed by atoms with Gasteiger partial charge in [-0.1, -0.05) is 11.6 Å². The maximum absolute atomic E-state index is 13.8. The van der Waals surface area contributed by atoms with Crippen LogP contribution in [-0.4, -0.2) is 25.7 Å². The molecule has 2 heterocycles. The van der Waals surface area contributed by atoms with Gasteiger partial charge in [0.15, 0.2) is 11.5 Å². The van der Waals surface area contributed by atoms with Crippen molar-refractivity contribution in [2.75, 3.05) is 0 Å². The van der Waals surface area contributed by atoms with Crippen molar-refractivity contribution < 1.29 is 18.7 Å². The van der Waals surface area contributed by atoms with E-state index in [4.69, 9.17) is 16.7 Å². The van der Waals surface area contributed by atoms with Gasteiger partial charge in [-0.2, -0.15) is 0 Å². The first kappa shape index (κ1) is 13.4. The Balaban J connectivity index is 2.33. The molecular weight excluding hydrogens is 304 g/mol. The molecule has 0 amide bonds. The molecule has 0 bridgehead atoms. The quantitative estimate of drug-likeness (QED) is 0.790. The lowest BCUT2D eigenvalue weighted by Gasteiger charge is -2.04. The summed E-state index contributed by atoms with van der Waals surface area (Å²) in [6.45, 7) is 0. The first-order valence-corrected chi connectivity index (χ1v) is 6.08. The Labute approximate surface area is 121 Å². The molecule has 1 N–H and O–H groups in total. The molecule has 0 aliphatic heterocycles. The van der Waals surface area contributed by atoms with Crippen LogP contribution < -0.4 is 0 Å². The second-order valence-corrected chi connectivity index (χ2v) is 4.63. The fourth-order valence-electron chi connectivity index (χ4n) is 1.92. The van der Waals surface area contributed by atoms with Crippen molar-refractivity contribution in [1.29, 1.82) is 0 Å². The van der Waals surface area contributed by atoms with Crippen molar-refractivity contribution in [2.24, 2.45) is 0 Å². The molecular formula is C13H6ClF2N3O2. The molecule has 3 rings (SSSR count). The molecule has 106 valence electrons. The second-order valence-electron chi connectivity index (χ2n) is 4.22. The minimum absolute atomic E-state index is 0.0352. The van der Waals surface area contributed by atoms with Crippen LogP contribution in [0.25, 0.3) is 17.0 Å². The van der Waals surface area contributed by atoms with E-state index in [2.05, 4.69) is 10.2 Å². The van der Waals surface area contributed by atoms with Crippen LogP contribution in [0.1, 0.15) is 10.4 Å². The summed E-state index contributed by atoms with van der Waals surface area (Å²) in [4.78, 5) is 11.0. The van der Waals surface area contributed by atoms with Gasteiger partial charge in [0.25, 0.3) is 0 Å². The van der Waals surface area contributed by atoms with Crippen molar-refractivity contribution in [2.45, 2.75) is 0 Å². The fraction of sp³-hybridized carbons (Fsp3) is 0. The van der Waals surface area contributed by atoms with Gasteiger partial charge in [-0.3, -0.25) is 4.40 Å². The van der Waals surface area contributed by atoms with E-state index in [0.29, 0.717) is 0 Å². The third-order valence-electron chi connectivity index (χ3n) is 2.88. The smallest absolute Gasteiger partial charge is 0.337 e. The molecule has 0 radical (unpaired) electrons. The number of hydrogen-bond donors (Lipinski definition) is 1. The fourth-order valence-corrected chi connectivity index (χ4v) is 2.17. The van der Waals surface area contributed by atoms with Crippen molar-refractivity contribution in [3.8, 4) is 11.4 Å². The topological polar surface area (TPSA) is 67.5 Å². The summed E-state index contributed by atoms with van der Waals surface area (Å²) in [5, 5.41) is 16.6. The van der Waals surface area contributed by atoms with Gasteiger partial charge in [-0.05, 0) is 24.3 Å². The van der Waals surface area contributed by atoms with Crippen molar-refractivity contribution >= 4 is 23.2 Å². The zero-order valence-electron chi connectivity index (χ0n) is 10.2. The lowest BCUT2D eigenvalue weighted by atomic mass is 10.2. The Bertz CT molecular complexity index is 879. The number of carbonyl (C=O) groups is 1. The van der Waals surface area contributed by atoms with Crippen LogP contribution in [0, 0.1) is 11.6 Å². The van der Waals surface area contributed by atoms with Crippen LogP contribution in [0.2, 0.25) is 5.02 Å². The Kier molecular flexibility index (Phi) is 3.06. The highest BCUT2D eigenvalue weighted by molar-refractivity contribution is 6.33. The average molecular weight is 310 g/mol. The van der Waals surface area contributed by atoms with Gasteiger partial charge >= 0.3 is 5.97 Å². The van der Waals surface area contributed by atoms with Gasteiger partial charge < -0.3 is 5.11 Å². The molecule has 2 aromatic heterocycles. The van der Waals surface area contributed by atoms with Gasteiger partial charge in [0.05, 0.1) is 16.1 Å². The number of aromatic nitrogens is 3. The first-order valence-electron chi connectivity index (χ1n) is 5.70. The molecule has 5 nitrogen and oxygen atoms in total. The van der Waals surface area contributed by atoms with Crippen molar-refractivity contribution in [1.82, 2.24) is 14.6 Å². The lowest BCUT2D eigenvalue weighted by Crippen LogP contribution is -2.01. The zero-order valence-corrected chi connectivity index (χ0v) is 11.0. The number of aromatic carboxylic acids is 1. The molecule has 1 aromatic carbocycles. The summed E-state index contributed by atoms with van der Waals surface area (Å²) in [6, 6.07) is 4.08. The van der Waals surface area contributed by atoms with E-state index in [0.717, 1.165) is 18.2 Å². The van der Waals surface area contributed by atoms with E-state index >= 15 is 0 Å². The normalized spacial score (nSPS) is 11.0. The van der Waals surface area contributed by atoms with E-state index in [-0.39, 0.29) is 27.6 Å². The van der Waals surface area contributed by atoms with Crippen molar-refractivity contribution in [3.05, 3.63) is 52.7 Å². The molecule has 0 aliphatic rings. The maximum atomic E-state index is 13.8. The number of rotatable bonds is 2. The number of pyridine rings is 1. The van der Waals surface area contributed by atoms with Gasteiger partial charge in [0, 0.05) is 6.20 Å². The largest absolute Gasteiger partial charge is 0.478 e. The number of nitrogens with zero attached hydrogens (tertiary/aromatic N) is 3. The van der Waals surface area contributed by atoms with Gasteiger partial charge in [0.2, 0.25) is 0 Å². The minimum atomic E-state index is -1.21. The number of halogens is 3. The minimum Gasteiger partial charge on any atom is -0.478 e. The number of fused-ring (bicyclic) bond motifs is 1. The van der Waals surface area contributed by atoms with Crippen LogP contribution in [0.4, 0.5) is 8.78 Å². The van der Waals surface area contributed by atoms with Crippen LogP contribution in [0.5, 0.6) is 0 Å². The Morgan fingerprint density at radius 2 is 2.00 bits per heavy atom. The third-order valence-corrected chi connectivity index (χ3v) is 3.15. The predicted octanol–water partition coefficient (Wildman–Crippen LogP) is 3.03. The van der Waals surface area contributed by atoms with Gasteiger partial charge in [-0.15, -0.1) is 10.2 Å². The standard InChI is InChI=1S/C13H6ClF2N3O2/c14-9-3-6(13(20)21)5-19-11(17-18-12(9)19)8-4-7(15)1-2-10(8)16/h1-5H,(H,20,21). The molecule has 0 spiro atoms. The summed E-state index contributed by atoms with van der Waals surface area (Å²) in [6.07, 6.45) is 1.20. The molecule has 0 aliphatic carbocycles. The third kappa shape index (κ3) is 2.21. The van der Waals surface area contributed by atoms with E-state index in [9.17, 15) is 13.6 Å². The number of carboxylic acid groups (broad SMARTS) is 1. The SMILES string of the molecule is O=C(O)c1cc(Cl)c2nnc(-c3cc(F)ccc3F)n2c1. The number of carboxylic acids is 1. The molecule has 0 unspecified atom stereocenters. The average Bonchev–Trinajstić information content (AvgIpc) is 2.85. The van der Waals surface area contributed by atoms with Crippen LogP contribution in [0.3, 0.4) is 0 Å². The van der Waals surface area contributed by atoms with Crippen LogP contribution in [-0.2, 0) is 0 Å². The lowest BCUT2D eigenvalue weighted by molar-refractivity contribution is 0.0696. The molecule has 0 saturated heterocycles. The zero-order chi connectivity index (χ0) is 15.1. The van der Waals surface area contributed by atoms with Crippen LogP contribution >= 0.6 is 11.6 Å². The molecule has 0 atom stereocenters. The highest BCUT2D eigenvalue weighted by Crippen LogP contribution is 2.26. The van der Waals surface area contributed by atoms with E-state index in [1.54, 1.807) is 0 Å². The van der Waals surface area contributed by atoms with Gasteiger partial charge in [0.1, 0.15) is 11.6 Å². The highest BCUT2D eigenvalue weighted by Gasteiger charge is 2.17. The summed E-state index contributed by atoms with van der Waals surface area (Å²) >= 11 is 5.92. The Hall–Kier alpha value is -2.54. The molecule has 21 heavy (non-hydrogen) atoms. The summed E-state index contributed by atoms with van der Waals surface area (Å²) in [7, 11) is 0. The number of hydrogen-bond acceptors (Lipinski definition) is 3. The first-order chi connectivity index (χ1) is 9.97. The monoisotopic (exact) mass is 309 g/mol. The maximum Gasteiger partial charge on any atom is 0.337 e. The second kappa shape index (κ2) is 4.78. The van der Waals surface area contributed by atoms with Gasteiger partial charge in [-0.25, -0.2) is 13.6 Å². The molecule has 0 saturated carbocycles. The molecule has 3 aromatic rings. The van der Waals surface area contributed by atoms with Crippen molar-refractivity contribution in [3.63, 3.8) is 0 Å². The predicted molar refractivity (Wildman–Crippen MR) is 70.3 cm³/mol. The van der Waals surface area contributed by atoms with Crippen LogP contribution in [0.15, 0.2) is 30.5 Å². The number of benzene rings is 1. The van der Waals surface area contributed by atoms with E-state index in [1.165, 1.54) is 16.7 Å². The molecule has 0 fully saturated rings. The Morgan fingerprint density at radius 1 is 1.24 bits per heavy atom.